The first-order valence-corrected chi connectivity index (χ1v) is 12.6. The average Bonchev–Trinajstić information content (AvgIpc) is 2.96. The number of benzene rings is 3. The van der Waals surface area contributed by atoms with Gasteiger partial charge in [0.15, 0.2) is 0 Å². The van der Waals surface area contributed by atoms with Crippen molar-refractivity contribution in [3.63, 3.8) is 0 Å². The van der Waals surface area contributed by atoms with Gasteiger partial charge in [0.05, 0.1) is 26.4 Å². The molecule has 11 nitrogen and oxygen atoms in total. The Morgan fingerprint density at radius 3 is 1.93 bits per heavy atom. The summed E-state index contributed by atoms with van der Waals surface area (Å²) in [5.74, 6) is 0.516. The van der Waals surface area contributed by atoms with E-state index in [9.17, 15) is 14.3 Å². The van der Waals surface area contributed by atoms with E-state index in [2.05, 4.69) is 36.2 Å². The Morgan fingerprint density at radius 2 is 1.27 bits per heavy atom. The number of phenolic OH excluding ortho intramolecular Hbond substituents is 1. The zero-order valence-corrected chi connectivity index (χ0v) is 21.6. The molecule has 0 bridgehead atoms. The molecular formula is C28H30FN7O4. The van der Waals surface area contributed by atoms with E-state index in [-0.39, 0.29) is 17.5 Å². The second kappa shape index (κ2) is 15.0. The van der Waals surface area contributed by atoms with Crippen LogP contribution in [0.2, 0.25) is 0 Å². The second-order valence-electron chi connectivity index (χ2n) is 8.38. The molecule has 0 saturated heterocycles. The molecule has 1 aromatic heterocycles. The van der Waals surface area contributed by atoms with Gasteiger partial charge in [-0.05, 0) is 60.7 Å². The summed E-state index contributed by atoms with van der Waals surface area (Å²) < 4.78 is 24.0. The summed E-state index contributed by atoms with van der Waals surface area (Å²) in [6.45, 7) is 2.23. The van der Waals surface area contributed by atoms with Crippen LogP contribution in [-0.4, -0.2) is 65.5 Å². The number of anilines is 5. The maximum absolute atomic E-state index is 12.9. The molecule has 0 aliphatic rings. The Labute approximate surface area is 230 Å². The fourth-order valence-electron chi connectivity index (χ4n) is 3.39. The summed E-state index contributed by atoms with van der Waals surface area (Å²) in [5.41, 5.74) is 1.93. The van der Waals surface area contributed by atoms with Crippen molar-refractivity contribution in [3.05, 3.63) is 90.2 Å². The number of carbonyl (C=O) groups is 1. The van der Waals surface area contributed by atoms with E-state index in [4.69, 9.17) is 9.47 Å². The van der Waals surface area contributed by atoms with Crippen LogP contribution in [0.1, 0.15) is 10.4 Å². The van der Waals surface area contributed by atoms with Crippen molar-refractivity contribution in [3.8, 4) is 5.75 Å². The Hall–Kier alpha value is -4.81. The van der Waals surface area contributed by atoms with Crippen LogP contribution in [0.15, 0.2) is 78.9 Å². The van der Waals surface area contributed by atoms with Crippen molar-refractivity contribution >= 4 is 35.1 Å². The van der Waals surface area contributed by atoms with E-state index < -0.39 is 0 Å². The summed E-state index contributed by atoms with van der Waals surface area (Å²) in [7, 11) is 0. The minimum absolute atomic E-state index is 0.161. The molecule has 0 aliphatic heterocycles. The highest BCUT2D eigenvalue weighted by molar-refractivity contribution is 5.94. The predicted molar refractivity (Wildman–Crippen MR) is 150 cm³/mol. The fourth-order valence-corrected chi connectivity index (χ4v) is 3.39. The molecule has 0 spiro atoms. The summed E-state index contributed by atoms with van der Waals surface area (Å²) >= 11 is 0. The smallest absolute Gasteiger partial charge is 0.251 e. The molecule has 0 fully saturated rings. The Morgan fingerprint density at radius 1 is 0.700 bits per heavy atom. The van der Waals surface area contributed by atoms with Gasteiger partial charge in [-0.1, -0.05) is 18.2 Å². The molecule has 4 rings (SSSR count). The van der Waals surface area contributed by atoms with E-state index in [0.29, 0.717) is 68.6 Å². The SMILES string of the molecule is O=C(NCCOCCOCCNc1nc(Nc2ccccc2)nc(Nc2ccc(O)cc2)n1)c1ccc(F)cc1. The summed E-state index contributed by atoms with van der Waals surface area (Å²) in [6, 6.07) is 21.4. The fraction of sp³-hybridized carbons (Fsp3) is 0.214. The number of aromatic nitrogens is 3. The number of nitrogens with zero attached hydrogens (tertiary/aromatic N) is 3. The maximum Gasteiger partial charge on any atom is 0.251 e. The van der Waals surface area contributed by atoms with E-state index in [1.54, 1.807) is 24.3 Å². The third kappa shape index (κ3) is 9.49. The quantitative estimate of drug-likeness (QED) is 0.109. The molecule has 1 heterocycles. The highest BCUT2D eigenvalue weighted by Crippen LogP contribution is 2.20. The molecule has 0 atom stereocenters. The first-order chi connectivity index (χ1) is 19.5. The number of ether oxygens (including phenoxy) is 2. The third-order valence-electron chi connectivity index (χ3n) is 5.33. The highest BCUT2D eigenvalue weighted by Gasteiger charge is 2.08. The van der Waals surface area contributed by atoms with Crippen LogP contribution in [0.5, 0.6) is 5.75 Å². The normalized spacial score (nSPS) is 10.6. The minimum atomic E-state index is -0.388. The van der Waals surface area contributed by atoms with E-state index in [1.165, 1.54) is 24.3 Å². The lowest BCUT2D eigenvalue weighted by Gasteiger charge is -2.12. The number of aromatic hydroxyl groups is 1. The van der Waals surface area contributed by atoms with Crippen LogP contribution in [0.4, 0.5) is 33.6 Å². The van der Waals surface area contributed by atoms with Crippen LogP contribution < -0.4 is 21.3 Å². The van der Waals surface area contributed by atoms with Gasteiger partial charge in [-0.25, -0.2) is 4.39 Å². The molecule has 5 N–H and O–H groups in total. The molecule has 0 radical (unpaired) electrons. The monoisotopic (exact) mass is 547 g/mol. The molecule has 3 aromatic carbocycles. The van der Waals surface area contributed by atoms with Gasteiger partial charge in [-0.2, -0.15) is 15.0 Å². The molecule has 1 amide bonds. The lowest BCUT2D eigenvalue weighted by molar-refractivity contribution is 0.0519. The molecule has 0 saturated carbocycles. The van der Waals surface area contributed by atoms with Crippen LogP contribution >= 0.6 is 0 Å². The molecule has 40 heavy (non-hydrogen) atoms. The molecule has 0 aliphatic carbocycles. The van der Waals surface area contributed by atoms with E-state index in [1.807, 2.05) is 30.3 Å². The minimum Gasteiger partial charge on any atom is -0.508 e. The van der Waals surface area contributed by atoms with Crippen molar-refractivity contribution in [1.29, 1.82) is 0 Å². The van der Waals surface area contributed by atoms with Crippen LogP contribution in [0.3, 0.4) is 0 Å². The topological polar surface area (TPSA) is 143 Å². The molecule has 0 unspecified atom stereocenters. The van der Waals surface area contributed by atoms with Gasteiger partial charge >= 0.3 is 0 Å². The largest absolute Gasteiger partial charge is 0.508 e. The molecule has 12 heteroatoms. The van der Waals surface area contributed by atoms with Crippen molar-refractivity contribution in [2.24, 2.45) is 0 Å². The number of phenols is 1. The van der Waals surface area contributed by atoms with Crippen molar-refractivity contribution in [2.45, 2.75) is 0 Å². The van der Waals surface area contributed by atoms with Gasteiger partial charge in [0.2, 0.25) is 17.8 Å². The van der Waals surface area contributed by atoms with E-state index in [0.717, 1.165) is 5.69 Å². The van der Waals surface area contributed by atoms with Crippen molar-refractivity contribution in [1.82, 2.24) is 20.3 Å². The standard InChI is InChI=1S/C28H30FN7O4/c29-21-8-6-20(7-9-21)25(38)30-14-16-39-18-19-40-17-15-31-26-34-27(32-22-4-2-1-3-5-22)36-28(35-26)33-23-10-12-24(37)13-11-23/h1-13,37H,14-19H2,(H,30,38)(H3,31,32,33,34,35,36). The zero-order valence-electron chi connectivity index (χ0n) is 21.6. The first kappa shape index (κ1) is 28.2. The number of hydrogen-bond donors (Lipinski definition) is 5. The van der Waals surface area contributed by atoms with Crippen LogP contribution in [0, 0.1) is 5.82 Å². The molecule has 4 aromatic rings. The lowest BCUT2D eigenvalue weighted by Crippen LogP contribution is -2.27. The number of carbonyl (C=O) groups excluding carboxylic acids is 1. The van der Waals surface area contributed by atoms with Gasteiger partial charge < -0.3 is 35.8 Å². The summed E-state index contributed by atoms with van der Waals surface area (Å²) in [5, 5.41) is 21.6. The number of para-hydroxylation sites is 1. The van der Waals surface area contributed by atoms with Gasteiger partial charge in [0, 0.05) is 30.0 Å². The van der Waals surface area contributed by atoms with Crippen LogP contribution in [-0.2, 0) is 9.47 Å². The number of nitrogens with one attached hydrogen (secondary N) is 4. The first-order valence-electron chi connectivity index (χ1n) is 12.6. The molecule has 208 valence electrons. The Balaban J connectivity index is 1.17. The van der Waals surface area contributed by atoms with Gasteiger partial charge in [-0.3, -0.25) is 4.79 Å². The predicted octanol–water partition coefficient (Wildman–Crippen LogP) is 4.08. The van der Waals surface area contributed by atoms with Crippen LogP contribution in [0.25, 0.3) is 0 Å². The zero-order chi connectivity index (χ0) is 28.0. The number of amides is 1. The van der Waals surface area contributed by atoms with E-state index >= 15 is 0 Å². The lowest BCUT2D eigenvalue weighted by atomic mass is 10.2. The Bertz CT molecular complexity index is 1340. The second-order valence-corrected chi connectivity index (χ2v) is 8.38. The number of hydrogen-bond acceptors (Lipinski definition) is 10. The molecular weight excluding hydrogens is 517 g/mol. The van der Waals surface area contributed by atoms with Crippen molar-refractivity contribution in [2.75, 3.05) is 55.5 Å². The van der Waals surface area contributed by atoms with Crippen molar-refractivity contribution < 1.29 is 23.8 Å². The average molecular weight is 548 g/mol. The van der Waals surface area contributed by atoms with Gasteiger partial charge in [0.25, 0.3) is 5.91 Å². The number of rotatable bonds is 15. The number of halogens is 1. The third-order valence-corrected chi connectivity index (χ3v) is 5.33. The van der Waals surface area contributed by atoms with Gasteiger partial charge in [0.1, 0.15) is 11.6 Å². The highest BCUT2D eigenvalue weighted by atomic mass is 19.1. The Kier molecular flexibility index (Phi) is 10.5. The summed E-state index contributed by atoms with van der Waals surface area (Å²) in [4.78, 5) is 25.3. The summed E-state index contributed by atoms with van der Waals surface area (Å²) in [6.07, 6.45) is 0. The maximum atomic E-state index is 12.9. The van der Waals surface area contributed by atoms with Gasteiger partial charge in [-0.15, -0.1) is 0 Å².